The number of hydrogen-bond acceptors (Lipinski definition) is 3. The number of ether oxygens (including phenoxy) is 1. The summed E-state index contributed by atoms with van der Waals surface area (Å²) < 4.78 is 4.86. The lowest BCUT2D eigenvalue weighted by atomic mass is 10.0. The molecule has 1 atom stereocenters. The number of hydrogen-bond donors (Lipinski definition) is 2. The molecule has 0 aromatic heterocycles. The second-order valence-electron chi connectivity index (χ2n) is 3.45. The lowest BCUT2D eigenvalue weighted by Gasteiger charge is -2.13. The Bertz CT molecular complexity index is 153. The molecular weight excluding hydrogens is 198 g/mol. The van der Waals surface area contributed by atoms with E-state index in [1.807, 2.05) is 7.05 Å². The number of nitrogens with one attached hydrogen (secondary N) is 1. The summed E-state index contributed by atoms with van der Waals surface area (Å²) in [6, 6.07) is 0. The second kappa shape index (κ2) is 9.34. The number of thiol groups is 1. The first-order valence-corrected chi connectivity index (χ1v) is 5.65. The van der Waals surface area contributed by atoms with Gasteiger partial charge in [0.15, 0.2) is 0 Å². The van der Waals surface area contributed by atoms with Crippen LogP contribution in [0.2, 0.25) is 0 Å². The van der Waals surface area contributed by atoms with Crippen LogP contribution in [0.4, 0.5) is 4.79 Å². The molecule has 4 heteroatoms. The number of rotatable bonds is 8. The molecular formula is C10H21NO2S. The van der Waals surface area contributed by atoms with E-state index in [0.29, 0.717) is 12.5 Å². The van der Waals surface area contributed by atoms with Gasteiger partial charge in [0.05, 0.1) is 6.61 Å². The first-order chi connectivity index (χ1) is 6.70. The molecule has 14 heavy (non-hydrogen) atoms. The van der Waals surface area contributed by atoms with Gasteiger partial charge in [0.2, 0.25) is 0 Å². The van der Waals surface area contributed by atoms with E-state index >= 15 is 0 Å². The summed E-state index contributed by atoms with van der Waals surface area (Å²) in [4.78, 5) is 10.5. The Morgan fingerprint density at radius 2 is 2.21 bits per heavy atom. The molecule has 1 unspecified atom stereocenters. The van der Waals surface area contributed by atoms with E-state index in [1.165, 1.54) is 12.8 Å². The molecule has 0 aromatic carbocycles. The van der Waals surface area contributed by atoms with Gasteiger partial charge >= 0.3 is 5.30 Å². The number of unbranched alkanes of at least 4 members (excludes halogenated alkanes) is 1. The van der Waals surface area contributed by atoms with E-state index in [2.05, 4.69) is 24.9 Å². The largest absolute Gasteiger partial charge is 0.457 e. The zero-order chi connectivity index (χ0) is 10.8. The summed E-state index contributed by atoms with van der Waals surface area (Å²) in [5.74, 6) is 0.489. The molecule has 0 amide bonds. The monoisotopic (exact) mass is 219 g/mol. The van der Waals surface area contributed by atoms with Crippen LogP contribution in [0.15, 0.2) is 0 Å². The minimum Gasteiger partial charge on any atom is -0.457 e. The van der Waals surface area contributed by atoms with Gasteiger partial charge in [-0.25, -0.2) is 4.79 Å². The number of carbonyl (C=O) groups excluding carboxylic acids is 1. The Balaban J connectivity index is 3.42. The van der Waals surface area contributed by atoms with Crippen LogP contribution in [-0.4, -0.2) is 25.5 Å². The maximum absolute atomic E-state index is 10.5. The van der Waals surface area contributed by atoms with Crippen molar-refractivity contribution in [2.75, 3.05) is 20.2 Å². The van der Waals surface area contributed by atoms with Crippen LogP contribution in [0.5, 0.6) is 0 Å². The van der Waals surface area contributed by atoms with Gasteiger partial charge in [-0.1, -0.05) is 32.4 Å². The van der Waals surface area contributed by atoms with Crippen LogP contribution in [0.25, 0.3) is 0 Å². The zero-order valence-corrected chi connectivity index (χ0v) is 9.98. The molecule has 1 N–H and O–H groups in total. The third kappa shape index (κ3) is 8.38. The highest BCUT2D eigenvalue weighted by molar-refractivity contribution is 7.96. The maximum Gasteiger partial charge on any atom is 0.364 e. The molecule has 0 aliphatic carbocycles. The Kier molecular flexibility index (Phi) is 9.19. The Morgan fingerprint density at radius 3 is 2.71 bits per heavy atom. The molecule has 0 spiro atoms. The molecule has 84 valence electrons. The zero-order valence-electron chi connectivity index (χ0n) is 9.08. The molecule has 0 aromatic rings. The predicted octanol–water partition coefficient (Wildman–Crippen LogP) is 2.47. The first-order valence-electron chi connectivity index (χ1n) is 5.21. The van der Waals surface area contributed by atoms with Crippen molar-refractivity contribution in [1.29, 1.82) is 0 Å². The molecule has 3 nitrogen and oxygen atoms in total. The Hall–Kier alpha value is -0.220. The third-order valence-electron chi connectivity index (χ3n) is 2.31. The van der Waals surface area contributed by atoms with Crippen molar-refractivity contribution >= 4 is 17.9 Å². The van der Waals surface area contributed by atoms with E-state index in [4.69, 9.17) is 4.74 Å². The second-order valence-corrected chi connectivity index (χ2v) is 3.82. The fourth-order valence-corrected chi connectivity index (χ4v) is 1.40. The topological polar surface area (TPSA) is 38.3 Å². The number of carbonyl (C=O) groups is 1. The van der Waals surface area contributed by atoms with Crippen LogP contribution >= 0.6 is 12.6 Å². The minimum absolute atomic E-state index is 0.473. The Morgan fingerprint density at radius 1 is 1.50 bits per heavy atom. The van der Waals surface area contributed by atoms with Gasteiger partial charge in [0.25, 0.3) is 0 Å². The standard InChI is InChI=1S/C10H21NO2S/c1-3-9(8-13-10(12)14)6-4-5-7-11-2/h9,11H,3-8H2,1-2H3,(H,12,14). The smallest absolute Gasteiger partial charge is 0.364 e. The van der Waals surface area contributed by atoms with Gasteiger partial charge in [-0.05, 0) is 32.4 Å². The van der Waals surface area contributed by atoms with E-state index in [0.717, 1.165) is 19.4 Å². The van der Waals surface area contributed by atoms with Gasteiger partial charge in [0, 0.05) is 0 Å². The van der Waals surface area contributed by atoms with Gasteiger partial charge in [-0.15, -0.1) is 0 Å². The first kappa shape index (κ1) is 13.8. The van der Waals surface area contributed by atoms with Gasteiger partial charge in [0.1, 0.15) is 0 Å². The lowest BCUT2D eigenvalue weighted by Crippen LogP contribution is -2.12. The fraction of sp³-hybridized carbons (Fsp3) is 0.900. The highest BCUT2D eigenvalue weighted by Crippen LogP contribution is 2.13. The van der Waals surface area contributed by atoms with Crippen molar-refractivity contribution in [3.05, 3.63) is 0 Å². The SMILES string of the molecule is CCC(CCCCNC)COC(=O)S. The molecule has 0 bridgehead atoms. The van der Waals surface area contributed by atoms with E-state index in [9.17, 15) is 4.79 Å². The quantitative estimate of drug-likeness (QED) is 0.374. The summed E-state index contributed by atoms with van der Waals surface area (Å²) in [5.41, 5.74) is 0. The van der Waals surface area contributed by atoms with Crippen LogP contribution in [0.3, 0.4) is 0 Å². The van der Waals surface area contributed by atoms with Crippen molar-refractivity contribution in [1.82, 2.24) is 5.32 Å². The predicted molar refractivity (Wildman–Crippen MR) is 61.9 cm³/mol. The van der Waals surface area contributed by atoms with Crippen molar-refractivity contribution in [2.24, 2.45) is 5.92 Å². The molecule has 0 saturated carbocycles. The van der Waals surface area contributed by atoms with E-state index < -0.39 is 5.30 Å². The minimum atomic E-state index is -0.473. The van der Waals surface area contributed by atoms with Crippen LogP contribution < -0.4 is 5.32 Å². The van der Waals surface area contributed by atoms with Gasteiger partial charge in [-0.3, -0.25) is 0 Å². The van der Waals surface area contributed by atoms with Crippen LogP contribution in [-0.2, 0) is 4.74 Å². The fourth-order valence-electron chi connectivity index (χ4n) is 1.33. The van der Waals surface area contributed by atoms with Crippen molar-refractivity contribution in [2.45, 2.75) is 32.6 Å². The third-order valence-corrected chi connectivity index (χ3v) is 2.44. The molecule has 0 radical (unpaired) electrons. The summed E-state index contributed by atoms with van der Waals surface area (Å²) >= 11 is 3.56. The molecule has 0 heterocycles. The van der Waals surface area contributed by atoms with E-state index in [1.54, 1.807) is 0 Å². The van der Waals surface area contributed by atoms with Gasteiger partial charge < -0.3 is 10.1 Å². The highest BCUT2D eigenvalue weighted by Gasteiger charge is 2.07. The van der Waals surface area contributed by atoms with Crippen LogP contribution in [0, 0.1) is 5.92 Å². The maximum atomic E-state index is 10.5. The molecule has 0 saturated heterocycles. The molecule has 0 aliphatic rings. The lowest BCUT2D eigenvalue weighted by molar-refractivity contribution is 0.148. The average Bonchev–Trinajstić information content (AvgIpc) is 2.16. The molecule has 0 rings (SSSR count). The van der Waals surface area contributed by atoms with Crippen LogP contribution in [0.1, 0.15) is 32.6 Å². The van der Waals surface area contributed by atoms with Gasteiger partial charge in [-0.2, -0.15) is 0 Å². The van der Waals surface area contributed by atoms with Crippen molar-refractivity contribution < 1.29 is 9.53 Å². The summed E-state index contributed by atoms with van der Waals surface area (Å²) in [7, 11) is 1.96. The highest BCUT2D eigenvalue weighted by atomic mass is 32.1. The average molecular weight is 219 g/mol. The summed E-state index contributed by atoms with van der Waals surface area (Å²) in [6.07, 6.45) is 4.55. The van der Waals surface area contributed by atoms with Crippen molar-refractivity contribution in [3.8, 4) is 0 Å². The van der Waals surface area contributed by atoms with Crippen molar-refractivity contribution in [3.63, 3.8) is 0 Å². The Labute approximate surface area is 92.0 Å². The summed E-state index contributed by atoms with van der Waals surface area (Å²) in [6.45, 7) is 3.69. The van der Waals surface area contributed by atoms with E-state index in [-0.39, 0.29) is 0 Å². The normalized spacial score (nSPS) is 12.5. The summed E-state index contributed by atoms with van der Waals surface area (Å²) in [5, 5.41) is 2.64. The molecule has 0 aliphatic heterocycles. The molecule has 0 fully saturated rings.